The first kappa shape index (κ1) is 18.2. The van der Waals surface area contributed by atoms with Crippen LogP contribution in [0.25, 0.3) is 10.2 Å². The van der Waals surface area contributed by atoms with Gasteiger partial charge in [-0.05, 0) is 55.9 Å². The van der Waals surface area contributed by atoms with Crippen LogP contribution in [0.1, 0.15) is 29.6 Å². The highest BCUT2D eigenvalue weighted by Gasteiger charge is 2.24. The third-order valence-electron chi connectivity index (χ3n) is 5.02. The monoisotopic (exact) mass is 401 g/mol. The number of hydrogen-bond donors (Lipinski definition) is 1. The summed E-state index contributed by atoms with van der Waals surface area (Å²) in [7, 11) is 0. The third kappa shape index (κ3) is 3.51. The zero-order valence-corrected chi connectivity index (χ0v) is 16.8. The van der Waals surface area contributed by atoms with E-state index in [2.05, 4.69) is 17.2 Å². The number of aromatic nitrogens is 2. The van der Waals surface area contributed by atoms with E-state index in [4.69, 9.17) is 11.6 Å². The molecule has 1 N–H and O–H groups in total. The van der Waals surface area contributed by atoms with Gasteiger partial charge in [0.1, 0.15) is 17.2 Å². The van der Waals surface area contributed by atoms with Gasteiger partial charge >= 0.3 is 0 Å². The molecule has 3 aromatic rings. The minimum absolute atomic E-state index is 0.0683. The zero-order valence-electron chi connectivity index (χ0n) is 15.2. The minimum atomic E-state index is -0.277. The Labute approximate surface area is 166 Å². The van der Waals surface area contributed by atoms with Crippen molar-refractivity contribution in [3.8, 4) is 0 Å². The molecule has 0 aliphatic heterocycles. The first-order valence-corrected chi connectivity index (χ1v) is 10.2. The Kier molecular flexibility index (Phi) is 4.78. The second-order valence-electron chi connectivity index (χ2n) is 7.14. The standard InChI is InChI=1S/C20H20ClN3O2S/c1-11-6-7-15-16(8-11)27-19-18(15)20(26)24(12(2)22-19)10-17(25)23-14-5-3-4-13(21)9-14/h3-5,9,11H,6-8,10H2,1-2H3,(H,23,25). The van der Waals surface area contributed by atoms with Crippen LogP contribution in [0.3, 0.4) is 0 Å². The van der Waals surface area contributed by atoms with Crippen molar-refractivity contribution in [2.45, 2.75) is 39.7 Å². The van der Waals surface area contributed by atoms with Crippen LogP contribution in [0.4, 0.5) is 5.69 Å². The summed E-state index contributed by atoms with van der Waals surface area (Å²) in [5.41, 5.74) is 1.62. The molecule has 1 aliphatic rings. The molecule has 1 amide bonds. The SMILES string of the molecule is Cc1nc2sc3c(c2c(=O)n1CC(=O)Nc1cccc(Cl)c1)CCC(C)C3. The van der Waals surface area contributed by atoms with Crippen LogP contribution in [0, 0.1) is 12.8 Å². The van der Waals surface area contributed by atoms with Gasteiger partial charge in [-0.15, -0.1) is 11.3 Å². The molecule has 0 fully saturated rings. The molecule has 0 saturated heterocycles. The molecule has 1 aliphatic carbocycles. The van der Waals surface area contributed by atoms with Crippen LogP contribution in [-0.4, -0.2) is 15.5 Å². The summed E-state index contributed by atoms with van der Waals surface area (Å²) >= 11 is 7.58. The van der Waals surface area contributed by atoms with Crippen LogP contribution >= 0.6 is 22.9 Å². The van der Waals surface area contributed by atoms with Crippen LogP contribution in [0.15, 0.2) is 29.1 Å². The van der Waals surface area contributed by atoms with E-state index in [1.807, 2.05) is 0 Å². The number of fused-ring (bicyclic) bond motifs is 3. The van der Waals surface area contributed by atoms with Gasteiger partial charge in [-0.25, -0.2) is 4.98 Å². The number of carbonyl (C=O) groups excluding carboxylic acids is 1. The molecule has 1 atom stereocenters. The van der Waals surface area contributed by atoms with E-state index in [0.717, 1.165) is 29.7 Å². The normalized spacial score (nSPS) is 16.3. The summed E-state index contributed by atoms with van der Waals surface area (Å²) in [6.45, 7) is 3.94. The number of benzene rings is 1. The van der Waals surface area contributed by atoms with Crippen molar-refractivity contribution in [3.05, 3.63) is 55.9 Å². The first-order chi connectivity index (χ1) is 12.9. The second-order valence-corrected chi connectivity index (χ2v) is 8.66. The Bertz CT molecular complexity index is 1100. The van der Waals surface area contributed by atoms with Crippen molar-refractivity contribution in [3.63, 3.8) is 0 Å². The number of nitrogens with zero attached hydrogens (tertiary/aromatic N) is 2. The van der Waals surface area contributed by atoms with Gasteiger partial charge in [-0.2, -0.15) is 0 Å². The number of amides is 1. The lowest BCUT2D eigenvalue weighted by Crippen LogP contribution is -2.30. The Morgan fingerprint density at radius 3 is 3.04 bits per heavy atom. The number of rotatable bonds is 3. The largest absolute Gasteiger partial charge is 0.324 e. The molecule has 0 radical (unpaired) electrons. The first-order valence-electron chi connectivity index (χ1n) is 8.99. The van der Waals surface area contributed by atoms with Crippen LogP contribution in [-0.2, 0) is 24.2 Å². The molecule has 0 spiro atoms. The van der Waals surface area contributed by atoms with Crippen molar-refractivity contribution in [2.75, 3.05) is 5.32 Å². The van der Waals surface area contributed by atoms with Gasteiger partial charge in [0, 0.05) is 15.6 Å². The zero-order chi connectivity index (χ0) is 19.1. The lowest BCUT2D eigenvalue weighted by Gasteiger charge is -2.17. The highest BCUT2D eigenvalue weighted by atomic mass is 35.5. The van der Waals surface area contributed by atoms with Gasteiger partial charge in [0.05, 0.1) is 5.39 Å². The average molecular weight is 402 g/mol. The van der Waals surface area contributed by atoms with E-state index in [1.54, 1.807) is 42.5 Å². The van der Waals surface area contributed by atoms with E-state index in [9.17, 15) is 9.59 Å². The van der Waals surface area contributed by atoms with Crippen molar-refractivity contribution >= 4 is 44.7 Å². The fourth-order valence-electron chi connectivity index (χ4n) is 3.62. The molecule has 2 aromatic heterocycles. The average Bonchev–Trinajstić information content (AvgIpc) is 2.95. The molecule has 0 saturated carbocycles. The summed E-state index contributed by atoms with van der Waals surface area (Å²) in [5.74, 6) is 0.916. The number of aryl methyl sites for hydroxylation is 2. The number of halogens is 1. The molecule has 5 nitrogen and oxygen atoms in total. The molecule has 0 bridgehead atoms. The highest BCUT2D eigenvalue weighted by molar-refractivity contribution is 7.18. The van der Waals surface area contributed by atoms with Gasteiger partial charge in [-0.3, -0.25) is 14.2 Å². The highest BCUT2D eigenvalue weighted by Crippen LogP contribution is 2.35. The van der Waals surface area contributed by atoms with Crippen molar-refractivity contribution in [1.29, 1.82) is 0 Å². The van der Waals surface area contributed by atoms with Crippen molar-refractivity contribution in [2.24, 2.45) is 5.92 Å². The van der Waals surface area contributed by atoms with Crippen molar-refractivity contribution in [1.82, 2.24) is 9.55 Å². The number of thiophene rings is 1. The van der Waals surface area contributed by atoms with E-state index < -0.39 is 0 Å². The molecular formula is C20H20ClN3O2S. The topological polar surface area (TPSA) is 64.0 Å². The Morgan fingerprint density at radius 2 is 2.26 bits per heavy atom. The molecule has 140 valence electrons. The summed E-state index contributed by atoms with van der Waals surface area (Å²) in [6.07, 6.45) is 3.00. The molecule has 1 aromatic carbocycles. The smallest absolute Gasteiger partial charge is 0.263 e. The predicted octanol–water partition coefficient (Wildman–Crippen LogP) is 4.18. The minimum Gasteiger partial charge on any atom is -0.324 e. The number of anilines is 1. The fraction of sp³-hybridized carbons (Fsp3) is 0.350. The molecule has 1 unspecified atom stereocenters. The van der Waals surface area contributed by atoms with Gasteiger partial charge in [0.25, 0.3) is 5.56 Å². The fourth-order valence-corrected chi connectivity index (χ4v) is 5.23. The quantitative estimate of drug-likeness (QED) is 0.715. The number of nitrogens with one attached hydrogen (secondary N) is 1. The predicted molar refractivity (Wildman–Crippen MR) is 110 cm³/mol. The molecule has 2 heterocycles. The van der Waals surface area contributed by atoms with Crippen LogP contribution in [0.5, 0.6) is 0 Å². The van der Waals surface area contributed by atoms with Gasteiger partial charge in [-0.1, -0.05) is 24.6 Å². The summed E-state index contributed by atoms with van der Waals surface area (Å²) in [4.78, 5) is 32.3. The van der Waals surface area contributed by atoms with Gasteiger partial charge in [0.15, 0.2) is 0 Å². The maximum atomic E-state index is 13.1. The summed E-state index contributed by atoms with van der Waals surface area (Å²) in [6, 6.07) is 6.94. The van der Waals surface area contributed by atoms with E-state index >= 15 is 0 Å². The Balaban J connectivity index is 1.67. The van der Waals surface area contributed by atoms with Crippen LogP contribution < -0.4 is 10.9 Å². The Morgan fingerprint density at radius 1 is 1.44 bits per heavy atom. The maximum absolute atomic E-state index is 13.1. The maximum Gasteiger partial charge on any atom is 0.263 e. The lowest BCUT2D eigenvalue weighted by molar-refractivity contribution is -0.116. The molecular weight excluding hydrogens is 382 g/mol. The number of carbonyl (C=O) groups is 1. The van der Waals surface area contributed by atoms with E-state index in [-0.39, 0.29) is 18.0 Å². The Hall–Kier alpha value is -2.18. The second kappa shape index (κ2) is 7.09. The van der Waals surface area contributed by atoms with Crippen molar-refractivity contribution < 1.29 is 4.79 Å². The number of hydrogen-bond acceptors (Lipinski definition) is 4. The van der Waals surface area contributed by atoms with Gasteiger partial charge in [0.2, 0.25) is 5.91 Å². The summed E-state index contributed by atoms with van der Waals surface area (Å²) in [5, 5.41) is 4.03. The lowest BCUT2D eigenvalue weighted by atomic mass is 9.89. The van der Waals surface area contributed by atoms with Crippen LogP contribution in [0.2, 0.25) is 5.02 Å². The molecule has 27 heavy (non-hydrogen) atoms. The van der Waals surface area contributed by atoms with E-state index in [1.165, 1.54) is 9.44 Å². The van der Waals surface area contributed by atoms with Gasteiger partial charge < -0.3 is 5.32 Å². The molecule has 7 heteroatoms. The third-order valence-corrected chi connectivity index (χ3v) is 6.40. The summed E-state index contributed by atoms with van der Waals surface area (Å²) < 4.78 is 1.47. The molecule has 4 rings (SSSR count). The van der Waals surface area contributed by atoms with E-state index in [0.29, 0.717) is 27.8 Å².